The van der Waals surface area contributed by atoms with E-state index in [4.69, 9.17) is 4.42 Å². The van der Waals surface area contributed by atoms with Crippen molar-refractivity contribution in [2.45, 2.75) is 19.4 Å². The lowest BCUT2D eigenvalue weighted by molar-refractivity contribution is -0.121. The summed E-state index contributed by atoms with van der Waals surface area (Å²) in [5, 5.41) is 10.2. The Bertz CT molecular complexity index is 1150. The number of benzene rings is 2. The SMILES string of the molecule is CC(NC(=O)Cc1csc(NC(=O)c2ccco2)n1)c1cccc2ccccc12. The fourth-order valence-corrected chi connectivity index (χ4v) is 3.88. The molecule has 2 amide bonds. The van der Waals surface area contributed by atoms with E-state index in [1.165, 1.54) is 17.6 Å². The van der Waals surface area contributed by atoms with Crippen LogP contribution in [-0.2, 0) is 11.2 Å². The summed E-state index contributed by atoms with van der Waals surface area (Å²) in [4.78, 5) is 28.8. The lowest BCUT2D eigenvalue weighted by atomic mass is 9.99. The third kappa shape index (κ3) is 4.35. The minimum absolute atomic E-state index is 0.125. The van der Waals surface area contributed by atoms with Crippen molar-refractivity contribution in [2.24, 2.45) is 0 Å². The Morgan fingerprint density at radius 3 is 2.76 bits per heavy atom. The highest BCUT2D eigenvalue weighted by Gasteiger charge is 2.15. The molecule has 7 heteroatoms. The number of carbonyl (C=O) groups is 2. The molecule has 0 aliphatic rings. The Labute approximate surface area is 171 Å². The van der Waals surface area contributed by atoms with E-state index in [1.807, 2.05) is 31.2 Å². The third-order valence-electron chi connectivity index (χ3n) is 4.53. The molecule has 6 nitrogen and oxygen atoms in total. The van der Waals surface area contributed by atoms with E-state index in [1.54, 1.807) is 17.5 Å². The Balaban J connectivity index is 1.38. The van der Waals surface area contributed by atoms with Gasteiger partial charge in [-0.1, -0.05) is 42.5 Å². The second-order valence-corrected chi connectivity index (χ2v) is 7.47. The minimum Gasteiger partial charge on any atom is -0.459 e. The molecule has 29 heavy (non-hydrogen) atoms. The molecule has 0 radical (unpaired) electrons. The van der Waals surface area contributed by atoms with Crippen LogP contribution in [0.5, 0.6) is 0 Å². The first kappa shape index (κ1) is 18.9. The van der Waals surface area contributed by atoms with Crippen LogP contribution >= 0.6 is 11.3 Å². The number of carbonyl (C=O) groups excluding carboxylic acids is 2. The highest BCUT2D eigenvalue weighted by atomic mass is 32.1. The molecule has 2 heterocycles. The Morgan fingerprint density at radius 2 is 1.93 bits per heavy atom. The normalized spacial score (nSPS) is 11.9. The van der Waals surface area contributed by atoms with Gasteiger partial charge in [0.25, 0.3) is 5.91 Å². The summed E-state index contributed by atoms with van der Waals surface area (Å²) in [7, 11) is 0. The number of hydrogen-bond acceptors (Lipinski definition) is 5. The maximum absolute atomic E-state index is 12.5. The minimum atomic E-state index is -0.370. The molecule has 4 rings (SSSR count). The Morgan fingerprint density at radius 1 is 1.10 bits per heavy atom. The molecule has 1 atom stereocenters. The summed E-state index contributed by atoms with van der Waals surface area (Å²) in [5.74, 6) is -0.284. The number of nitrogens with one attached hydrogen (secondary N) is 2. The van der Waals surface area contributed by atoms with Crippen LogP contribution in [0, 0.1) is 0 Å². The van der Waals surface area contributed by atoms with Gasteiger partial charge in [0, 0.05) is 5.38 Å². The van der Waals surface area contributed by atoms with E-state index < -0.39 is 0 Å². The van der Waals surface area contributed by atoms with Gasteiger partial charge in [0.05, 0.1) is 24.4 Å². The van der Waals surface area contributed by atoms with Gasteiger partial charge in [-0.15, -0.1) is 11.3 Å². The van der Waals surface area contributed by atoms with Crippen molar-refractivity contribution in [3.63, 3.8) is 0 Å². The van der Waals surface area contributed by atoms with Gasteiger partial charge in [-0.2, -0.15) is 0 Å². The first-order valence-corrected chi connectivity index (χ1v) is 10.0. The van der Waals surface area contributed by atoms with E-state index in [0.717, 1.165) is 16.3 Å². The summed E-state index contributed by atoms with van der Waals surface area (Å²) in [6.45, 7) is 1.97. The zero-order valence-corrected chi connectivity index (χ0v) is 16.5. The lowest BCUT2D eigenvalue weighted by Crippen LogP contribution is -2.28. The first-order chi connectivity index (χ1) is 14.1. The first-order valence-electron chi connectivity index (χ1n) is 9.16. The van der Waals surface area contributed by atoms with Crippen LogP contribution in [0.1, 0.15) is 34.8 Å². The number of anilines is 1. The van der Waals surface area contributed by atoms with Gasteiger partial charge < -0.3 is 9.73 Å². The molecule has 0 saturated heterocycles. The summed E-state index contributed by atoms with van der Waals surface area (Å²) in [6, 6.07) is 17.3. The molecule has 0 saturated carbocycles. The molecular formula is C22H19N3O3S. The number of amides is 2. The molecule has 0 fully saturated rings. The molecule has 0 spiro atoms. The zero-order chi connectivity index (χ0) is 20.2. The van der Waals surface area contributed by atoms with E-state index in [2.05, 4.69) is 33.8 Å². The molecule has 146 valence electrons. The monoisotopic (exact) mass is 405 g/mol. The van der Waals surface area contributed by atoms with Crippen LogP contribution in [0.4, 0.5) is 5.13 Å². The van der Waals surface area contributed by atoms with Crippen molar-refractivity contribution in [3.8, 4) is 0 Å². The van der Waals surface area contributed by atoms with Crippen LogP contribution in [-0.4, -0.2) is 16.8 Å². The summed E-state index contributed by atoms with van der Waals surface area (Å²) in [5.41, 5.74) is 1.67. The van der Waals surface area contributed by atoms with Crippen LogP contribution in [0.25, 0.3) is 10.8 Å². The van der Waals surface area contributed by atoms with Crippen molar-refractivity contribution in [2.75, 3.05) is 5.32 Å². The number of thiazole rings is 1. The lowest BCUT2D eigenvalue weighted by Gasteiger charge is -2.16. The van der Waals surface area contributed by atoms with Crippen molar-refractivity contribution < 1.29 is 14.0 Å². The van der Waals surface area contributed by atoms with Crippen LogP contribution in [0.15, 0.2) is 70.7 Å². The summed E-state index contributed by atoms with van der Waals surface area (Å²) in [6.07, 6.45) is 1.58. The molecule has 0 bridgehead atoms. The van der Waals surface area contributed by atoms with Crippen molar-refractivity contribution in [1.29, 1.82) is 0 Å². The second-order valence-electron chi connectivity index (χ2n) is 6.61. The molecule has 2 aromatic carbocycles. The smallest absolute Gasteiger partial charge is 0.293 e. The summed E-state index contributed by atoms with van der Waals surface area (Å²) < 4.78 is 5.06. The number of aromatic nitrogens is 1. The maximum Gasteiger partial charge on any atom is 0.293 e. The van der Waals surface area contributed by atoms with Crippen LogP contribution in [0.2, 0.25) is 0 Å². The fraction of sp³-hybridized carbons (Fsp3) is 0.136. The number of rotatable bonds is 6. The van der Waals surface area contributed by atoms with Crippen molar-refractivity contribution in [3.05, 3.63) is 83.3 Å². The largest absolute Gasteiger partial charge is 0.459 e. The van der Waals surface area contributed by atoms with Gasteiger partial charge in [-0.25, -0.2) is 4.98 Å². The average Bonchev–Trinajstić information content (AvgIpc) is 3.40. The standard InChI is InChI=1S/C22H19N3O3S/c1-14(17-9-4-7-15-6-2-3-8-18(15)17)23-20(26)12-16-13-29-22(24-16)25-21(27)19-10-5-11-28-19/h2-11,13-14H,12H2,1H3,(H,23,26)(H,24,25,27). The Kier molecular flexibility index (Phi) is 5.39. The van der Waals surface area contributed by atoms with Gasteiger partial charge in [0.15, 0.2) is 10.9 Å². The van der Waals surface area contributed by atoms with Gasteiger partial charge in [0.2, 0.25) is 5.91 Å². The van der Waals surface area contributed by atoms with E-state index in [9.17, 15) is 9.59 Å². The molecule has 0 aliphatic heterocycles. The average molecular weight is 405 g/mol. The zero-order valence-electron chi connectivity index (χ0n) is 15.7. The van der Waals surface area contributed by atoms with Gasteiger partial charge in [0.1, 0.15) is 0 Å². The highest BCUT2D eigenvalue weighted by Crippen LogP contribution is 2.24. The number of fused-ring (bicyclic) bond motifs is 1. The van der Waals surface area contributed by atoms with Gasteiger partial charge in [-0.3, -0.25) is 14.9 Å². The Hall–Kier alpha value is -3.45. The number of furan rings is 1. The number of hydrogen-bond donors (Lipinski definition) is 2. The predicted molar refractivity (Wildman–Crippen MR) is 113 cm³/mol. The molecule has 1 unspecified atom stereocenters. The number of nitrogens with zero attached hydrogens (tertiary/aromatic N) is 1. The quantitative estimate of drug-likeness (QED) is 0.492. The molecule has 4 aromatic rings. The van der Waals surface area contributed by atoms with Gasteiger partial charge >= 0.3 is 0 Å². The van der Waals surface area contributed by atoms with Crippen LogP contribution in [0.3, 0.4) is 0 Å². The fourth-order valence-electron chi connectivity index (χ4n) is 3.17. The van der Waals surface area contributed by atoms with Crippen molar-refractivity contribution in [1.82, 2.24) is 10.3 Å². The maximum atomic E-state index is 12.5. The highest BCUT2D eigenvalue weighted by molar-refractivity contribution is 7.14. The van der Waals surface area contributed by atoms with Crippen LogP contribution < -0.4 is 10.6 Å². The summed E-state index contributed by atoms with van der Waals surface area (Å²) >= 11 is 1.27. The van der Waals surface area contributed by atoms with Gasteiger partial charge in [-0.05, 0) is 35.4 Å². The van der Waals surface area contributed by atoms with E-state index in [0.29, 0.717) is 10.8 Å². The molecular weight excluding hydrogens is 386 g/mol. The molecule has 0 aliphatic carbocycles. The molecule has 2 N–H and O–H groups in total. The topological polar surface area (TPSA) is 84.2 Å². The second kappa shape index (κ2) is 8.28. The third-order valence-corrected chi connectivity index (χ3v) is 5.33. The van der Waals surface area contributed by atoms with Crippen molar-refractivity contribution >= 4 is 39.1 Å². The van der Waals surface area contributed by atoms with E-state index >= 15 is 0 Å². The van der Waals surface area contributed by atoms with E-state index in [-0.39, 0.29) is 30.0 Å². The predicted octanol–water partition coefficient (Wildman–Crippen LogP) is 4.56. The molecule has 2 aromatic heterocycles.